The topological polar surface area (TPSA) is 75.3 Å². The number of amides is 1. The van der Waals surface area contributed by atoms with E-state index in [2.05, 4.69) is 10.0 Å². The zero-order chi connectivity index (χ0) is 19.4. The van der Waals surface area contributed by atoms with Crippen molar-refractivity contribution in [1.82, 2.24) is 5.32 Å². The Bertz CT molecular complexity index is 735. The molecule has 1 amide bonds. The van der Waals surface area contributed by atoms with Crippen molar-refractivity contribution in [1.29, 1.82) is 0 Å². The van der Waals surface area contributed by atoms with Crippen molar-refractivity contribution in [2.75, 3.05) is 10.5 Å². The van der Waals surface area contributed by atoms with E-state index in [9.17, 15) is 26.4 Å². The number of anilines is 1. The second-order valence-electron chi connectivity index (χ2n) is 6.58. The van der Waals surface area contributed by atoms with Gasteiger partial charge in [0, 0.05) is 17.3 Å². The molecule has 0 spiro atoms. The number of nitrogens with one attached hydrogen (secondary N) is 2. The predicted molar refractivity (Wildman–Crippen MR) is 93.4 cm³/mol. The Balaban J connectivity index is 2.02. The normalized spacial score (nSPS) is 21.2. The van der Waals surface area contributed by atoms with Gasteiger partial charge in [-0.3, -0.25) is 9.52 Å². The molecule has 0 aromatic heterocycles. The molecule has 1 aromatic rings. The molecule has 0 bridgehead atoms. The third-order valence-corrected chi connectivity index (χ3v) is 5.84. The molecule has 1 aromatic carbocycles. The number of carbonyl (C=O) groups is 1. The summed E-state index contributed by atoms with van der Waals surface area (Å²) >= 11 is 0. The van der Waals surface area contributed by atoms with E-state index in [0.717, 1.165) is 0 Å². The van der Waals surface area contributed by atoms with E-state index < -0.39 is 34.1 Å². The lowest BCUT2D eigenvalue weighted by atomic mass is 9.85. The molecule has 9 heteroatoms. The third-order valence-electron chi connectivity index (χ3n) is 4.34. The number of halogens is 3. The fourth-order valence-corrected chi connectivity index (χ4v) is 4.24. The van der Waals surface area contributed by atoms with E-state index in [-0.39, 0.29) is 29.8 Å². The molecule has 0 unspecified atom stereocenters. The van der Waals surface area contributed by atoms with Gasteiger partial charge in [-0.05, 0) is 43.9 Å². The number of rotatable bonds is 6. The molecule has 1 aliphatic rings. The predicted octanol–water partition coefficient (Wildman–Crippen LogP) is 3.69. The smallest absolute Gasteiger partial charge is 0.349 e. The molecule has 1 fully saturated rings. The quantitative estimate of drug-likeness (QED) is 0.775. The first-order chi connectivity index (χ1) is 12.1. The molecule has 0 saturated heterocycles. The molecule has 5 nitrogen and oxygen atoms in total. The first-order valence-electron chi connectivity index (χ1n) is 8.59. The summed E-state index contributed by atoms with van der Waals surface area (Å²) in [7, 11) is -3.48. The fraction of sp³-hybridized carbons (Fsp3) is 0.588. The molecule has 2 rings (SSSR count). The van der Waals surface area contributed by atoms with Gasteiger partial charge in [0.25, 0.3) is 5.91 Å². The van der Waals surface area contributed by atoms with Crippen molar-refractivity contribution < 1.29 is 26.4 Å². The number of alkyl halides is 3. The van der Waals surface area contributed by atoms with E-state index in [1.54, 1.807) is 6.92 Å². The number of hydrogen-bond donors (Lipinski definition) is 2. The van der Waals surface area contributed by atoms with Crippen LogP contribution in [0.5, 0.6) is 0 Å². The molecule has 26 heavy (non-hydrogen) atoms. The van der Waals surface area contributed by atoms with Gasteiger partial charge in [-0.1, -0.05) is 19.4 Å². The third kappa shape index (κ3) is 5.89. The Hall–Kier alpha value is -1.77. The van der Waals surface area contributed by atoms with E-state index >= 15 is 0 Å². The highest BCUT2D eigenvalue weighted by molar-refractivity contribution is 7.92. The van der Waals surface area contributed by atoms with Crippen molar-refractivity contribution in [3.63, 3.8) is 0 Å². The van der Waals surface area contributed by atoms with Crippen LogP contribution in [0.25, 0.3) is 0 Å². The minimum absolute atomic E-state index is 0.0374. The molecule has 0 radical (unpaired) electrons. The summed E-state index contributed by atoms with van der Waals surface area (Å²) in [6.07, 6.45) is -2.92. The Morgan fingerprint density at radius 2 is 2.00 bits per heavy atom. The van der Waals surface area contributed by atoms with Gasteiger partial charge in [0.05, 0.1) is 11.7 Å². The van der Waals surface area contributed by atoms with Crippen LogP contribution in [0.4, 0.5) is 18.9 Å². The molecule has 1 aliphatic carbocycles. The van der Waals surface area contributed by atoms with Crippen LogP contribution in [0.2, 0.25) is 0 Å². The van der Waals surface area contributed by atoms with Crippen LogP contribution in [0, 0.1) is 5.92 Å². The monoisotopic (exact) mass is 392 g/mol. The van der Waals surface area contributed by atoms with E-state index in [0.29, 0.717) is 19.3 Å². The second kappa shape index (κ2) is 8.28. The van der Waals surface area contributed by atoms with Crippen LogP contribution in [-0.4, -0.2) is 32.3 Å². The largest absolute Gasteiger partial charge is 0.391 e. The number of hydrogen-bond acceptors (Lipinski definition) is 3. The molecule has 1 saturated carbocycles. The lowest BCUT2D eigenvalue weighted by molar-refractivity contribution is -0.183. The summed E-state index contributed by atoms with van der Waals surface area (Å²) in [5.74, 6) is -1.94. The van der Waals surface area contributed by atoms with Crippen LogP contribution in [0.1, 0.15) is 49.4 Å². The Morgan fingerprint density at radius 3 is 2.65 bits per heavy atom. The van der Waals surface area contributed by atoms with Crippen molar-refractivity contribution in [3.8, 4) is 0 Å². The van der Waals surface area contributed by atoms with Crippen molar-refractivity contribution in [3.05, 3.63) is 29.8 Å². The van der Waals surface area contributed by atoms with Crippen molar-refractivity contribution >= 4 is 21.6 Å². The molecule has 146 valence electrons. The molecule has 0 aliphatic heterocycles. The Kier molecular flexibility index (Phi) is 6.54. The average Bonchev–Trinajstić information content (AvgIpc) is 2.54. The Morgan fingerprint density at radius 1 is 1.27 bits per heavy atom. The summed E-state index contributed by atoms with van der Waals surface area (Å²) in [5.41, 5.74) is 0.457. The van der Waals surface area contributed by atoms with Crippen molar-refractivity contribution in [2.24, 2.45) is 5.92 Å². The van der Waals surface area contributed by atoms with Gasteiger partial charge >= 0.3 is 6.18 Å². The van der Waals surface area contributed by atoms with Gasteiger partial charge in [0.2, 0.25) is 10.0 Å². The minimum atomic E-state index is -4.25. The maximum absolute atomic E-state index is 12.9. The number of carbonyl (C=O) groups excluding carboxylic acids is 1. The maximum atomic E-state index is 12.9. The summed E-state index contributed by atoms with van der Waals surface area (Å²) in [6, 6.07) is 5.38. The Labute approximate surface area is 151 Å². The lowest BCUT2D eigenvalue weighted by Gasteiger charge is -2.31. The van der Waals surface area contributed by atoms with E-state index in [1.807, 2.05) is 0 Å². The molecule has 2 atom stereocenters. The summed E-state index contributed by atoms with van der Waals surface area (Å²) in [6.45, 7) is 1.74. The molecule has 2 N–H and O–H groups in total. The number of sulfonamides is 1. The zero-order valence-electron chi connectivity index (χ0n) is 14.5. The second-order valence-corrected chi connectivity index (χ2v) is 8.42. The lowest BCUT2D eigenvalue weighted by Crippen LogP contribution is -2.41. The standard InChI is InChI=1S/C17H23F3N2O3S/c1-2-9-26(24,25)22-15-8-3-5-12(10-15)16(23)21-14-7-4-6-13(11-14)17(18,19)20/h3,5,8,10,13-14,22H,2,4,6-7,9,11H2,1H3,(H,21,23)/t13-,14+/m0/s1. The summed E-state index contributed by atoms with van der Waals surface area (Å²) in [5, 5.41) is 2.64. The highest BCUT2D eigenvalue weighted by atomic mass is 32.2. The van der Waals surface area contributed by atoms with Gasteiger partial charge in [-0.2, -0.15) is 13.2 Å². The first kappa shape index (κ1) is 20.5. The summed E-state index contributed by atoms with van der Waals surface area (Å²) < 4.78 is 64.6. The van der Waals surface area contributed by atoms with Crippen LogP contribution < -0.4 is 10.0 Å². The van der Waals surface area contributed by atoms with E-state index in [4.69, 9.17) is 0 Å². The minimum Gasteiger partial charge on any atom is -0.349 e. The SMILES string of the molecule is CCCS(=O)(=O)Nc1cccc(C(=O)N[C@@H]2CCC[C@H](C(F)(F)F)C2)c1. The van der Waals surface area contributed by atoms with Gasteiger partial charge in [-0.25, -0.2) is 8.42 Å². The highest BCUT2D eigenvalue weighted by Crippen LogP contribution is 2.37. The fourth-order valence-electron chi connectivity index (χ4n) is 3.11. The van der Waals surface area contributed by atoms with Crippen molar-refractivity contribution in [2.45, 2.75) is 51.2 Å². The molecule has 0 heterocycles. The highest BCUT2D eigenvalue weighted by Gasteiger charge is 2.42. The maximum Gasteiger partial charge on any atom is 0.391 e. The first-order valence-corrected chi connectivity index (χ1v) is 10.2. The van der Waals surface area contributed by atoms with Gasteiger partial charge in [0.15, 0.2) is 0 Å². The molecular formula is C17H23F3N2O3S. The molecular weight excluding hydrogens is 369 g/mol. The van der Waals surface area contributed by atoms with Crippen LogP contribution in [-0.2, 0) is 10.0 Å². The van der Waals surface area contributed by atoms with Gasteiger partial charge in [0.1, 0.15) is 0 Å². The van der Waals surface area contributed by atoms with Crippen LogP contribution in [0.3, 0.4) is 0 Å². The van der Waals surface area contributed by atoms with Crippen LogP contribution >= 0.6 is 0 Å². The summed E-state index contributed by atoms with van der Waals surface area (Å²) in [4.78, 5) is 12.3. The van der Waals surface area contributed by atoms with Gasteiger partial charge in [-0.15, -0.1) is 0 Å². The van der Waals surface area contributed by atoms with E-state index in [1.165, 1.54) is 24.3 Å². The van der Waals surface area contributed by atoms with Gasteiger partial charge < -0.3 is 5.32 Å². The average molecular weight is 392 g/mol. The van der Waals surface area contributed by atoms with Crippen LogP contribution in [0.15, 0.2) is 24.3 Å². The zero-order valence-corrected chi connectivity index (χ0v) is 15.3. The number of benzene rings is 1.